The number of hydrogen-bond donors (Lipinski definition) is 3. The zero-order valence-corrected chi connectivity index (χ0v) is 17.5. The molecule has 0 bridgehead atoms. The molecule has 1 aliphatic rings. The van der Waals surface area contributed by atoms with Crippen molar-refractivity contribution in [3.8, 4) is 0 Å². The van der Waals surface area contributed by atoms with Crippen LogP contribution in [0.15, 0.2) is 42.6 Å². The van der Waals surface area contributed by atoms with Crippen molar-refractivity contribution in [2.24, 2.45) is 5.14 Å². The Morgan fingerprint density at radius 1 is 1.29 bits per heavy atom. The van der Waals surface area contributed by atoms with Gasteiger partial charge in [-0.2, -0.15) is 0 Å². The minimum Gasteiger partial charge on any atom is -0.369 e. The van der Waals surface area contributed by atoms with Crippen LogP contribution in [-0.2, 0) is 10.0 Å². The van der Waals surface area contributed by atoms with Crippen molar-refractivity contribution in [2.75, 3.05) is 17.6 Å². The molecule has 1 aliphatic carbocycles. The summed E-state index contributed by atoms with van der Waals surface area (Å²) < 4.78 is 21.9. The van der Waals surface area contributed by atoms with Crippen LogP contribution >= 0.6 is 11.6 Å². The summed E-state index contributed by atoms with van der Waals surface area (Å²) in [4.78, 5) is 4.40. The van der Waals surface area contributed by atoms with Gasteiger partial charge < -0.3 is 10.6 Å². The molecule has 28 heavy (non-hydrogen) atoms. The molecule has 0 amide bonds. The van der Waals surface area contributed by atoms with Crippen LogP contribution in [0, 0.1) is 0 Å². The number of rotatable bonds is 8. The number of nitrogens with zero attached hydrogens (tertiary/aromatic N) is 1. The van der Waals surface area contributed by atoms with Crippen molar-refractivity contribution in [3.05, 3.63) is 58.7 Å². The Hall–Kier alpha value is -1.67. The van der Waals surface area contributed by atoms with Gasteiger partial charge in [-0.15, -0.1) is 0 Å². The maximum absolute atomic E-state index is 11.0. The van der Waals surface area contributed by atoms with E-state index in [1.54, 1.807) is 0 Å². The molecule has 0 radical (unpaired) electrons. The van der Waals surface area contributed by atoms with Gasteiger partial charge in [-0.1, -0.05) is 29.8 Å². The standard InChI is InChI=1S/C20H27ClN4O2S/c1-14(15-3-2-4-18(21)11-15)25-19-7-5-16(12-19)17-6-8-20(24-13-17)23-9-10-28(22,26)27/h2-4,6,8,11,13-14,16,19,25H,5,7,9-10,12H2,1H3,(H,23,24)(H2,22,26,27)/t14-,16-,19+/m1/s1. The minimum atomic E-state index is -3.46. The van der Waals surface area contributed by atoms with Crippen molar-refractivity contribution < 1.29 is 8.42 Å². The second-order valence-electron chi connectivity index (χ2n) is 7.42. The van der Waals surface area contributed by atoms with E-state index in [2.05, 4.69) is 34.7 Å². The first-order chi connectivity index (χ1) is 13.3. The van der Waals surface area contributed by atoms with Crippen LogP contribution in [-0.4, -0.2) is 31.7 Å². The quantitative estimate of drug-likeness (QED) is 0.605. The summed E-state index contributed by atoms with van der Waals surface area (Å²) in [6.45, 7) is 2.42. The molecule has 3 atom stereocenters. The van der Waals surface area contributed by atoms with Gasteiger partial charge >= 0.3 is 0 Å². The molecule has 1 fully saturated rings. The summed E-state index contributed by atoms with van der Waals surface area (Å²) in [5.41, 5.74) is 2.42. The van der Waals surface area contributed by atoms with Crippen LogP contribution in [0.25, 0.3) is 0 Å². The number of hydrogen-bond acceptors (Lipinski definition) is 5. The smallest absolute Gasteiger partial charge is 0.210 e. The summed E-state index contributed by atoms with van der Waals surface area (Å²) in [7, 11) is -3.46. The van der Waals surface area contributed by atoms with Gasteiger partial charge in [0.25, 0.3) is 0 Å². The van der Waals surface area contributed by atoms with Gasteiger partial charge in [0, 0.05) is 29.8 Å². The number of primary sulfonamides is 1. The van der Waals surface area contributed by atoms with Crippen molar-refractivity contribution in [1.82, 2.24) is 10.3 Å². The monoisotopic (exact) mass is 422 g/mol. The summed E-state index contributed by atoms with van der Waals surface area (Å²) in [5.74, 6) is 1.03. The molecular weight excluding hydrogens is 396 g/mol. The number of pyridine rings is 1. The molecule has 0 spiro atoms. The fraction of sp³-hybridized carbons (Fsp3) is 0.450. The Bertz CT molecular complexity index is 889. The van der Waals surface area contributed by atoms with Gasteiger partial charge in [0.05, 0.1) is 5.75 Å². The highest BCUT2D eigenvalue weighted by Crippen LogP contribution is 2.35. The number of halogens is 1. The molecule has 1 saturated carbocycles. The van der Waals surface area contributed by atoms with E-state index in [0.29, 0.717) is 17.8 Å². The van der Waals surface area contributed by atoms with E-state index >= 15 is 0 Å². The Morgan fingerprint density at radius 2 is 2.11 bits per heavy atom. The Morgan fingerprint density at radius 3 is 2.79 bits per heavy atom. The molecule has 8 heteroatoms. The maximum atomic E-state index is 11.0. The first-order valence-electron chi connectivity index (χ1n) is 9.52. The van der Waals surface area contributed by atoms with E-state index < -0.39 is 10.0 Å². The molecule has 0 saturated heterocycles. The van der Waals surface area contributed by atoms with Crippen molar-refractivity contribution in [1.29, 1.82) is 0 Å². The van der Waals surface area contributed by atoms with Gasteiger partial charge in [0.1, 0.15) is 5.82 Å². The second-order valence-corrected chi connectivity index (χ2v) is 9.59. The number of aromatic nitrogens is 1. The van der Waals surface area contributed by atoms with Crippen LogP contribution in [0.5, 0.6) is 0 Å². The topological polar surface area (TPSA) is 97.1 Å². The van der Waals surface area contributed by atoms with E-state index in [1.807, 2.05) is 30.5 Å². The van der Waals surface area contributed by atoms with E-state index in [0.717, 1.165) is 24.3 Å². The van der Waals surface area contributed by atoms with Crippen LogP contribution in [0.2, 0.25) is 5.02 Å². The number of sulfonamides is 1. The van der Waals surface area contributed by atoms with Gasteiger partial charge in [-0.05, 0) is 61.4 Å². The molecule has 0 aliphatic heterocycles. The Kier molecular flexibility index (Phi) is 6.93. The van der Waals surface area contributed by atoms with E-state index in [-0.39, 0.29) is 18.3 Å². The molecule has 1 aromatic heterocycles. The van der Waals surface area contributed by atoms with Crippen molar-refractivity contribution >= 4 is 27.4 Å². The Balaban J connectivity index is 1.50. The lowest BCUT2D eigenvalue weighted by Crippen LogP contribution is -2.29. The lowest BCUT2D eigenvalue weighted by Gasteiger charge is -2.20. The van der Waals surface area contributed by atoms with Crippen molar-refractivity contribution in [2.45, 2.75) is 44.2 Å². The van der Waals surface area contributed by atoms with E-state index in [4.69, 9.17) is 16.7 Å². The predicted octanol–water partition coefficient (Wildman–Crippen LogP) is 3.42. The average Bonchev–Trinajstić information content (AvgIpc) is 3.10. The summed E-state index contributed by atoms with van der Waals surface area (Å²) in [5, 5.41) is 12.5. The fourth-order valence-corrected chi connectivity index (χ4v) is 4.32. The lowest BCUT2D eigenvalue weighted by atomic mass is 9.99. The van der Waals surface area contributed by atoms with Gasteiger partial charge in [-0.25, -0.2) is 18.5 Å². The highest BCUT2D eigenvalue weighted by molar-refractivity contribution is 7.89. The first kappa shape index (κ1) is 21.0. The zero-order valence-electron chi connectivity index (χ0n) is 15.9. The fourth-order valence-electron chi connectivity index (χ4n) is 3.73. The second kappa shape index (κ2) is 9.22. The highest BCUT2D eigenvalue weighted by atomic mass is 35.5. The summed E-state index contributed by atoms with van der Waals surface area (Å²) in [6.07, 6.45) is 5.21. The van der Waals surface area contributed by atoms with Crippen LogP contribution in [0.4, 0.5) is 5.82 Å². The molecule has 1 aromatic carbocycles. The first-order valence-corrected chi connectivity index (χ1v) is 11.6. The van der Waals surface area contributed by atoms with Gasteiger partial charge in [-0.3, -0.25) is 0 Å². The predicted molar refractivity (Wildman–Crippen MR) is 114 cm³/mol. The molecule has 2 aromatic rings. The molecule has 4 N–H and O–H groups in total. The highest BCUT2D eigenvalue weighted by Gasteiger charge is 2.27. The van der Waals surface area contributed by atoms with Crippen molar-refractivity contribution in [3.63, 3.8) is 0 Å². The van der Waals surface area contributed by atoms with Gasteiger partial charge in [0.2, 0.25) is 10.0 Å². The summed E-state index contributed by atoms with van der Waals surface area (Å²) in [6, 6.07) is 12.7. The third-order valence-electron chi connectivity index (χ3n) is 5.22. The minimum absolute atomic E-state index is 0.114. The molecule has 6 nitrogen and oxygen atoms in total. The summed E-state index contributed by atoms with van der Waals surface area (Å²) >= 11 is 6.10. The largest absolute Gasteiger partial charge is 0.369 e. The lowest BCUT2D eigenvalue weighted by molar-refractivity contribution is 0.457. The normalized spacial score (nSPS) is 20.8. The number of anilines is 1. The van der Waals surface area contributed by atoms with Crippen LogP contribution < -0.4 is 15.8 Å². The number of nitrogens with two attached hydrogens (primary N) is 1. The average molecular weight is 423 g/mol. The van der Waals surface area contributed by atoms with Gasteiger partial charge in [0.15, 0.2) is 0 Å². The molecule has 152 valence electrons. The Labute approximate surface area is 171 Å². The molecule has 1 heterocycles. The van der Waals surface area contributed by atoms with E-state index in [9.17, 15) is 8.42 Å². The number of benzene rings is 1. The SMILES string of the molecule is C[C@@H](N[C@H]1CC[C@@H](c2ccc(NCCS(N)(=O)=O)nc2)C1)c1cccc(Cl)c1. The molecule has 0 unspecified atom stereocenters. The van der Waals surface area contributed by atoms with E-state index in [1.165, 1.54) is 11.1 Å². The molecular formula is C20H27ClN4O2S. The zero-order chi connectivity index (χ0) is 20.1. The maximum Gasteiger partial charge on any atom is 0.210 e. The van der Waals surface area contributed by atoms with Crippen LogP contribution in [0.3, 0.4) is 0 Å². The van der Waals surface area contributed by atoms with Crippen LogP contribution in [0.1, 0.15) is 49.3 Å². The molecule has 3 rings (SSSR count). The third-order valence-corrected chi connectivity index (χ3v) is 6.23. The third kappa shape index (κ3) is 6.17. The number of nitrogens with one attached hydrogen (secondary N) is 2.